The van der Waals surface area contributed by atoms with Gasteiger partial charge >= 0.3 is 0 Å². The first-order valence-corrected chi connectivity index (χ1v) is 6.99. The standard InChI is InChI=1S/C16H17ClN2O2/c1-3-21-14-9-10(2)7-8-13(14)19-16(20)11-5-4-6-12(18)15(11)17/h4-9H,3,18H2,1-2H3,(H,19,20). The van der Waals surface area contributed by atoms with Gasteiger partial charge in [0.25, 0.3) is 5.91 Å². The highest BCUT2D eigenvalue weighted by Gasteiger charge is 2.14. The van der Waals surface area contributed by atoms with Crippen LogP contribution in [0.2, 0.25) is 5.02 Å². The molecular formula is C16H17ClN2O2. The lowest BCUT2D eigenvalue weighted by Gasteiger charge is -2.13. The number of nitrogens with one attached hydrogen (secondary N) is 1. The maximum absolute atomic E-state index is 12.3. The van der Waals surface area contributed by atoms with E-state index < -0.39 is 0 Å². The fourth-order valence-electron chi connectivity index (χ4n) is 1.92. The molecule has 0 radical (unpaired) electrons. The summed E-state index contributed by atoms with van der Waals surface area (Å²) in [6, 6.07) is 10.5. The van der Waals surface area contributed by atoms with Crippen LogP contribution < -0.4 is 15.8 Å². The van der Waals surface area contributed by atoms with Crippen LogP contribution in [0.5, 0.6) is 5.75 Å². The van der Waals surface area contributed by atoms with Crippen molar-refractivity contribution in [3.05, 3.63) is 52.5 Å². The Morgan fingerprint density at radius 3 is 2.81 bits per heavy atom. The molecule has 0 aliphatic carbocycles. The third-order valence-corrected chi connectivity index (χ3v) is 3.38. The number of carbonyl (C=O) groups excluding carboxylic acids is 1. The Morgan fingerprint density at radius 2 is 2.10 bits per heavy atom. The first kappa shape index (κ1) is 15.2. The summed E-state index contributed by atoms with van der Waals surface area (Å²) in [5, 5.41) is 3.05. The molecule has 1 amide bonds. The quantitative estimate of drug-likeness (QED) is 0.842. The molecule has 110 valence electrons. The predicted molar refractivity (Wildman–Crippen MR) is 86.2 cm³/mol. The van der Waals surface area contributed by atoms with Crippen LogP contribution in [0.3, 0.4) is 0 Å². The topological polar surface area (TPSA) is 64.3 Å². The van der Waals surface area contributed by atoms with Gasteiger partial charge in [0.2, 0.25) is 0 Å². The number of amides is 1. The minimum Gasteiger partial charge on any atom is -0.492 e. The van der Waals surface area contributed by atoms with Gasteiger partial charge in [-0.1, -0.05) is 23.7 Å². The van der Waals surface area contributed by atoms with Crippen molar-refractivity contribution < 1.29 is 9.53 Å². The summed E-state index contributed by atoms with van der Waals surface area (Å²) in [5.41, 5.74) is 8.08. The van der Waals surface area contributed by atoms with Crippen molar-refractivity contribution in [2.45, 2.75) is 13.8 Å². The van der Waals surface area contributed by atoms with E-state index in [0.717, 1.165) is 5.56 Å². The van der Waals surface area contributed by atoms with E-state index in [1.54, 1.807) is 24.3 Å². The number of hydrogen-bond donors (Lipinski definition) is 2. The number of carbonyl (C=O) groups is 1. The Bertz CT molecular complexity index is 671. The molecule has 0 saturated heterocycles. The van der Waals surface area contributed by atoms with Crippen LogP contribution in [0.25, 0.3) is 0 Å². The number of hydrogen-bond acceptors (Lipinski definition) is 3. The second-order valence-electron chi connectivity index (χ2n) is 4.60. The number of rotatable bonds is 4. The molecule has 0 aliphatic rings. The molecule has 0 spiro atoms. The number of nitrogen functional groups attached to an aromatic ring is 1. The lowest BCUT2D eigenvalue weighted by molar-refractivity contribution is 0.102. The van der Waals surface area contributed by atoms with E-state index >= 15 is 0 Å². The molecule has 0 unspecified atom stereocenters. The van der Waals surface area contributed by atoms with E-state index in [0.29, 0.717) is 29.3 Å². The molecule has 0 aliphatic heterocycles. The van der Waals surface area contributed by atoms with Gasteiger partial charge in [0.15, 0.2) is 0 Å². The van der Waals surface area contributed by atoms with Gasteiger partial charge in [-0.15, -0.1) is 0 Å². The summed E-state index contributed by atoms with van der Waals surface area (Å²) in [6.45, 7) is 4.37. The van der Waals surface area contributed by atoms with E-state index in [9.17, 15) is 4.79 Å². The largest absolute Gasteiger partial charge is 0.492 e. The first-order chi connectivity index (χ1) is 10.0. The highest BCUT2D eigenvalue weighted by Crippen LogP contribution is 2.28. The van der Waals surface area contributed by atoms with E-state index in [1.807, 2.05) is 26.0 Å². The Hall–Kier alpha value is -2.20. The molecule has 0 atom stereocenters. The lowest BCUT2D eigenvalue weighted by Crippen LogP contribution is -2.14. The van der Waals surface area contributed by atoms with Crippen molar-refractivity contribution >= 4 is 28.9 Å². The van der Waals surface area contributed by atoms with Gasteiger partial charge in [0.05, 0.1) is 28.6 Å². The average Bonchev–Trinajstić information content (AvgIpc) is 2.45. The predicted octanol–water partition coefficient (Wildman–Crippen LogP) is 3.88. The second-order valence-corrected chi connectivity index (χ2v) is 4.97. The minimum absolute atomic E-state index is 0.250. The molecule has 0 bridgehead atoms. The Morgan fingerprint density at radius 1 is 1.33 bits per heavy atom. The van der Waals surface area contributed by atoms with Crippen LogP contribution in [0.1, 0.15) is 22.8 Å². The van der Waals surface area contributed by atoms with Gasteiger partial charge in [-0.25, -0.2) is 0 Å². The number of aryl methyl sites for hydroxylation is 1. The third-order valence-electron chi connectivity index (χ3n) is 2.96. The third kappa shape index (κ3) is 3.47. The number of anilines is 2. The Balaban J connectivity index is 2.29. The van der Waals surface area contributed by atoms with Crippen molar-refractivity contribution in [1.82, 2.24) is 0 Å². The lowest BCUT2D eigenvalue weighted by atomic mass is 10.1. The van der Waals surface area contributed by atoms with Crippen LogP contribution in [-0.2, 0) is 0 Å². The van der Waals surface area contributed by atoms with E-state index in [4.69, 9.17) is 22.1 Å². The van der Waals surface area contributed by atoms with Crippen LogP contribution in [0, 0.1) is 6.92 Å². The van der Waals surface area contributed by atoms with Crippen molar-refractivity contribution in [2.24, 2.45) is 0 Å². The molecule has 0 saturated carbocycles. The van der Waals surface area contributed by atoms with Crippen molar-refractivity contribution in [1.29, 1.82) is 0 Å². The maximum Gasteiger partial charge on any atom is 0.257 e. The summed E-state index contributed by atoms with van der Waals surface area (Å²) >= 11 is 6.06. The molecule has 5 heteroatoms. The average molecular weight is 305 g/mol. The van der Waals surface area contributed by atoms with E-state index in [2.05, 4.69) is 5.32 Å². The number of nitrogens with two attached hydrogens (primary N) is 1. The molecule has 2 aromatic carbocycles. The zero-order chi connectivity index (χ0) is 15.4. The first-order valence-electron chi connectivity index (χ1n) is 6.61. The number of benzene rings is 2. The van der Waals surface area contributed by atoms with Gasteiger partial charge in [-0.3, -0.25) is 4.79 Å². The highest BCUT2D eigenvalue weighted by atomic mass is 35.5. The Labute approximate surface area is 128 Å². The molecule has 0 heterocycles. The normalized spacial score (nSPS) is 10.2. The molecule has 2 aromatic rings. The van der Waals surface area contributed by atoms with Crippen LogP contribution >= 0.6 is 11.6 Å². The maximum atomic E-state index is 12.3. The van der Waals surface area contributed by atoms with E-state index in [1.165, 1.54) is 0 Å². The monoisotopic (exact) mass is 304 g/mol. The van der Waals surface area contributed by atoms with Gasteiger partial charge < -0.3 is 15.8 Å². The molecule has 4 nitrogen and oxygen atoms in total. The fourth-order valence-corrected chi connectivity index (χ4v) is 2.13. The summed E-state index contributed by atoms with van der Waals surface area (Å²) in [7, 11) is 0. The van der Waals surface area contributed by atoms with Gasteiger partial charge in [0.1, 0.15) is 5.75 Å². The van der Waals surface area contributed by atoms with Crippen molar-refractivity contribution in [3.8, 4) is 5.75 Å². The SMILES string of the molecule is CCOc1cc(C)ccc1NC(=O)c1cccc(N)c1Cl. The van der Waals surface area contributed by atoms with Crippen LogP contribution in [0.4, 0.5) is 11.4 Å². The molecule has 0 fully saturated rings. The van der Waals surface area contributed by atoms with Gasteiger partial charge in [0, 0.05) is 0 Å². The van der Waals surface area contributed by atoms with Gasteiger partial charge in [-0.2, -0.15) is 0 Å². The molecular weight excluding hydrogens is 288 g/mol. The summed E-state index contributed by atoms with van der Waals surface area (Å²) in [5.74, 6) is 0.308. The Kier molecular flexibility index (Phi) is 4.70. The summed E-state index contributed by atoms with van der Waals surface area (Å²) in [6.07, 6.45) is 0. The van der Waals surface area contributed by atoms with Crippen molar-refractivity contribution in [2.75, 3.05) is 17.7 Å². The minimum atomic E-state index is -0.322. The number of ether oxygens (including phenoxy) is 1. The zero-order valence-corrected chi connectivity index (χ0v) is 12.7. The smallest absolute Gasteiger partial charge is 0.257 e. The second kappa shape index (κ2) is 6.50. The van der Waals surface area contributed by atoms with Crippen LogP contribution in [0.15, 0.2) is 36.4 Å². The zero-order valence-electron chi connectivity index (χ0n) is 11.9. The summed E-state index contributed by atoms with van der Waals surface area (Å²) in [4.78, 5) is 12.3. The van der Waals surface area contributed by atoms with Gasteiger partial charge in [-0.05, 0) is 43.7 Å². The molecule has 2 rings (SSSR count). The fraction of sp³-hybridized carbons (Fsp3) is 0.188. The van der Waals surface area contributed by atoms with E-state index in [-0.39, 0.29) is 10.9 Å². The molecule has 3 N–H and O–H groups in total. The molecule has 21 heavy (non-hydrogen) atoms. The highest BCUT2D eigenvalue weighted by molar-refractivity contribution is 6.36. The van der Waals surface area contributed by atoms with Crippen LogP contribution in [-0.4, -0.2) is 12.5 Å². The molecule has 0 aromatic heterocycles. The van der Waals surface area contributed by atoms with Crippen molar-refractivity contribution in [3.63, 3.8) is 0 Å². The summed E-state index contributed by atoms with van der Waals surface area (Å²) < 4.78 is 5.54. The number of halogens is 1.